The minimum absolute atomic E-state index is 0. The number of methoxy groups -OCH3 is 1. The fourth-order valence-corrected chi connectivity index (χ4v) is 3.70. The zero-order valence-corrected chi connectivity index (χ0v) is 13.8. The smallest absolute Gasteiger partial charge is 0.259 e. The fraction of sp³-hybridized carbons (Fsp3) is 0.818. The van der Waals surface area contributed by atoms with Crippen LogP contribution in [0.3, 0.4) is 0 Å². The van der Waals surface area contributed by atoms with E-state index in [4.69, 9.17) is 4.74 Å². The Morgan fingerprint density at radius 1 is 1.48 bits per heavy atom. The van der Waals surface area contributed by atoms with E-state index in [2.05, 4.69) is 20.4 Å². The van der Waals surface area contributed by atoms with Crippen LogP contribution in [0.4, 0.5) is 0 Å². The fourth-order valence-electron chi connectivity index (χ4n) is 2.48. The first-order chi connectivity index (χ1) is 9.49. The summed E-state index contributed by atoms with van der Waals surface area (Å²) in [5.74, 6) is 0. The van der Waals surface area contributed by atoms with Gasteiger partial charge in [-0.1, -0.05) is 5.21 Å². The Morgan fingerprint density at radius 2 is 2.14 bits per heavy atom. The lowest BCUT2D eigenvalue weighted by atomic mass is 9.80. The summed E-state index contributed by atoms with van der Waals surface area (Å²) in [6.07, 6.45) is 3.01. The first kappa shape index (κ1) is 18.3. The van der Waals surface area contributed by atoms with Gasteiger partial charge in [-0.25, -0.2) is 17.8 Å². The van der Waals surface area contributed by atoms with Gasteiger partial charge in [-0.3, -0.25) is 0 Å². The molecule has 0 amide bonds. The van der Waals surface area contributed by atoms with E-state index in [1.54, 1.807) is 14.2 Å². The minimum atomic E-state index is -3.59. The molecule has 2 heterocycles. The summed E-state index contributed by atoms with van der Waals surface area (Å²) < 4.78 is 33.6. The van der Waals surface area contributed by atoms with E-state index in [9.17, 15) is 8.42 Å². The third-order valence-corrected chi connectivity index (χ3v) is 5.14. The van der Waals surface area contributed by atoms with E-state index < -0.39 is 10.0 Å². The Bertz CT molecular complexity index is 536. The number of aromatic nitrogens is 3. The Hall–Kier alpha value is -0.740. The van der Waals surface area contributed by atoms with Gasteiger partial charge in [0, 0.05) is 26.1 Å². The third-order valence-electron chi connectivity index (χ3n) is 3.70. The second kappa shape index (κ2) is 7.50. The quantitative estimate of drug-likeness (QED) is 0.727. The molecule has 10 heteroatoms. The van der Waals surface area contributed by atoms with E-state index in [0.717, 1.165) is 25.9 Å². The Labute approximate surface area is 131 Å². The van der Waals surface area contributed by atoms with Gasteiger partial charge in [0.15, 0.2) is 5.03 Å². The monoisotopic (exact) mass is 339 g/mol. The molecule has 0 atom stereocenters. The second-order valence-electron chi connectivity index (χ2n) is 5.20. The molecule has 1 aliphatic rings. The van der Waals surface area contributed by atoms with Gasteiger partial charge < -0.3 is 10.1 Å². The van der Waals surface area contributed by atoms with Crippen molar-refractivity contribution in [3.63, 3.8) is 0 Å². The van der Waals surface area contributed by atoms with Crippen molar-refractivity contribution in [2.24, 2.45) is 12.5 Å². The van der Waals surface area contributed by atoms with E-state index in [-0.39, 0.29) is 22.8 Å². The summed E-state index contributed by atoms with van der Waals surface area (Å²) in [6.45, 7) is 2.65. The molecule has 2 N–H and O–H groups in total. The molecule has 0 aliphatic carbocycles. The second-order valence-corrected chi connectivity index (χ2v) is 6.92. The molecule has 0 spiro atoms. The Morgan fingerprint density at radius 3 is 2.67 bits per heavy atom. The zero-order valence-electron chi connectivity index (χ0n) is 12.2. The summed E-state index contributed by atoms with van der Waals surface area (Å²) in [6, 6.07) is 0. The van der Waals surface area contributed by atoms with E-state index in [1.165, 1.54) is 10.9 Å². The number of nitrogens with one attached hydrogen (secondary N) is 2. The highest BCUT2D eigenvalue weighted by molar-refractivity contribution is 7.89. The van der Waals surface area contributed by atoms with Crippen LogP contribution in [-0.2, 0) is 21.8 Å². The van der Waals surface area contributed by atoms with Crippen molar-refractivity contribution in [3.05, 3.63) is 6.20 Å². The number of aryl methyl sites for hydroxylation is 1. The lowest BCUT2D eigenvalue weighted by Gasteiger charge is -2.37. The van der Waals surface area contributed by atoms with Gasteiger partial charge in [0.25, 0.3) is 10.0 Å². The van der Waals surface area contributed by atoms with Crippen molar-refractivity contribution < 1.29 is 13.2 Å². The predicted molar refractivity (Wildman–Crippen MR) is 79.9 cm³/mol. The van der Waals surface area contributed by atoms with Crippen LogP contribution in [0.1, 0.15) is 12.8 Å². The maximum atomic E-state index is 12.2. The van der Waals surface area contributed by atoms with Crippen LogP contribution < -0.4 is 10.0 Å². The number of ether oxygens (including phenoxy) is 1. The summed E-state index contributed by atoms with van der Waals surface area (Å²) in [7, 11) is -0.397. The highest BCUT2D eigenvalue weighted by Gasteiger charge is 2.34. The van der Waals surface area contributed by atoms with Crippen LogP contribution in [0.25, 0.3) is 0 Å². The first-order valence-electron chi connectivity index (χ1n) is 6.53. The van der Waals surface area contributed by atoms with Crippen molar-refractivity contribution in [1.29, 1.82) is 0 Å². The molecule has 0 bridgehead atoms. The molecular weight excluding hydrogens is 318 g/mol. The lowest BCUT2D eigenvalue weighted by molar-refractivity contribution is 0.0577. The highest BCUT2D eigenvalue weighted by atomic mass is 35.5. The van der Waals surface area contributed by atoms with Crippen molar-refractivity contribution in [3.8, 4) is 0 Å². The van der Waals surface area contributed by atoms with E-state index >= 15 is 0 Å². The van der Waals surface area contributed by atoms with Crippen LogP contribution in [-0.4, -0.2) is 56.8 Å². The minimum Gasteiger partial charge on any atom is -0.384 e. The van der Waals surface area contributed by atoms with Crippen molar-refractivity contribution in [2.75, 3.05) is 33.4 Å². The number of sulfonamides is 1. The molecule has 8 nitrogen and oxygen atoms in total. The van der Waals surface area contributed by atoms with E-state index in [0.29, 0.717) is 13.2 Å². The van der Waals surface area contributed by atoms with Crippen LogP contribution in [0.5, 0.6) is 0 Å². The highest BCUT2D eigenvalue weighted by Crippen LogP contribution is 2.28. The average Bonchev–Trinajstić information content (AvgIpc) is 2.85. The maximum absolute atomic E-state index is 12.2. The third kappa shape index (κ3) is 4.36. The Balaban J connectivity index is 0.00000220. The molecular formula is C11H22ClN5O3S. The molecule has 21 heavy (non-hydrogen) atoms. The summed E-state index contributed by atoms with van der Waals surface area (Å²) >= 11 is 0. The van der Waals surface area contributed by atoms with Crippen LogP contribution in [0, 0.1) is 5.41 Å². The van der Waals surface area contributed by atoms with Gasteiger partial charge in [-0.2, -0.15) is 0 Å². The normalized spacial score (nSPS) is 18.2. The molecule has 1 aromatic rings. The number of piperidine rings is 1. The molecule has 1 aromatic heterocycles. The molecule has 0 aromatic carbocycles. The van der Waals surface area contributed by atoms with Gasteiger partial charge in [-0.15, -0.1) is 17.5 Å². The zero-order chi connectivity index (χ0) is 14.6. The Kier molecular flexibility index (Phi) is 6.54. The van der Waals surface area contributed by atoms with Gasteiger partial charge in [0.1, 0.15) is 0 Å². The molecule has 0 saturated carbocycles. The number of halogens is 1. The summed E-state index contributed by atoms with van der Waals surface area (Å²) in [5.41, 5.74) is -0.154. The van der Waals surface area contributed by atoms with Crippen LogP contribution in [0.15, 0.2) is 11.2 Å². The lowest BCUT2D eigenvalue weighted by Crippen LogP contribution is -2.47. The van der Waals surface area contributed by atoms with Gasteiger partial charge in [-0.05, 0) is 25.9 Å². The molecule has 1 saturated heterocycles. The van der Waals surface area contributed by atoms with Gasteiger partial charge in [0.05, 0.1) is 12.8 Å². The summed E-state index contributed by atoms with van der Waals surface area (Å²) in [4.78, 5) is 0. The van der Waals surface area contributed by atoms with E-state index in [1.807, 2.05) is 0 Å². The topological polar surface area (TPSA) is 98.1 Å². The number of hydrogen-bond acceptors (Lipinski definition) is 6. The van der Waals surface area contributed by atoms with Gasteiger partial charge >= 0.3 is 0 Å². The maximum Gasteiger partial charge on any atom is 0.259 e. The summed E-state index contributed by atoms with van der Waals surface area (Å²) in [5, 5.41) is 10.6. The molecule has 2 rings (SSSR count). The van der Waals surface area contributed by atoms with Crippen molar-refractivity contribution in [1.82, 2.24) is 25.0 Å². The number of hydrogen-bond donors (Lipinski definition) is 2. The molecule has 0 unspecified atom stereocenters. The average molecular weight is 340 g/mol. The van der Waals surface area contributed by atoms with Gasteiger partial charge in [0.2, 0.25) is 0 Å². The predicted octanol–water partition coefficient (Wildman–Crippen LogP) is -0.469. The largest absolute Gasteiger partial charge is 0.384 e. The first-order valence-corrected chi connectivity index (χ1v) is 8.01. The van der Waals surface area contributed by atoms with Crippen LogP contribution >= 0.6 is 12.4 Å². The van der Waals surface area contributed by atoms with Crippen molar-refractivity contribution in [2.45, 2.75) is 17.9 Å². The van der Waals surface area contributed by atoms with Crippen molar-refractivity contribution >= 4 is 22.4 Å². The SMILES string of the molecule is COCC1(CNS(=O)(=O)c2cnnn2C)CCNCC1.Cl. The molecule has 1 fully saturated rings. The number of rotatable bonds is 6. The standard InChI is InChI=1S/C11H21N5O3S.ClH/c1-16-10(7-13-15-16)20(17,18)14-8-11(9-19-2)3-5-12-6-4-11;/h7,12,14H,3-6,8-9H2,1-2H3;1H. The molecule has 122 valence electrons. The molecule has 1 aliphatic heterocycles. The van der Waals surface area contributed by atoms with Crippen LogP contribution in [0.2, 0.25) is 0 Å². The number of nitrogens with zero attached hydrogens (tertiary/aromatic N) is 3. The molecule has 0 radical (unpaired) electrons.